The number of nitrogens with zero attached hydrogens (tertiary/aromatic N) is 3. The van der Waals surface area contributed by atoms with E-state index in [0.29, 0.717) is 40.1 Å². The second kappa shape index (κ2) is 8.70. The molecular weight excluding hydrogens is 507 g/mol. The molecule has 9 heteroatoms. The lowest BCUT2D eigenvalue weighted by molar-refractivity contribution is 0.305. The first-order valence-electron chi connectivity index (χ1n) is 12.4. The van der Waals surface area contributed by atoms with Crippen molar-refractivity contribution < 1.29 is 13.7 Å². The van der Waals surface area contributed by atoms with E-state index >= 15 is 0 Å². The minimum Gasteiger partial charge on any atom is -0.488 e. The van der Waals surface area contributed by atoms with Crippen molar-refractivity contribution in [2.45, 2.75) is 38.7 Å². The molecular formula is C29H22ClFN4O3. The Hall–Kier alpha value is -4.17. The highest BCUT2D eigenvalue weighted by Gasteiger charge is 2.30. The number of halogens is 2. The summed E-state index contributed by atoms with van der Waals surface area (Å²) in [6, 6.07) is 14.5. The molecule has 0 unspecified atom stereocenters. The normalized spacial score (nSPS) is 16.1. The highest BCUT2D eigenvalue weighted by atomic mass is 35.5. The molecule has 1 aliphatic heterocycles. The first-order chi connectivity index (χ1) is 18.4. The molecule has 38 heavy (non-hydrogen) atoms. The number of aromatic amines is 1. The molecule has 1 saturated carbocycles. The number of imidazole rings is 1. The topological polar surface area (TPSA) is 85.4 Å². The van der Waals surface area contributed by atoms with Crippen LogP contribution in [0.2, 0.25) is 5.02 Å². The molecule has 0 bridgehead atoms. The molecule has 0 atom stereocenters. The van der Waals surface area contributed by atoms with Crippen molar-refractivity contribution in [1.29, 1.82) is 0 Å². The van der Waals surface area contributed by atoms with Crippen LogP contribution in [0.25, 0.3) is 16.8 Å². The fourth-order valence-corrected chi connectivity index (χ4v) is 5.45. The average Bonchev–Trinajstić information content (AvgIpc) is 3.60. The van der Waals surface area contributed by atoms with E-state index in [9.17, 15) is 9.18 Å². The van der Waals surface area contributed by atoms with Gasteiger partial charge < -0.3 is 9.14 Å². The number of allylic oxidation sites excluding steroid dienone is 1. The van der Waals surface area contributed by atoms with Crippen LogP contribution in [0.4, 0.5) is 4.39 Å². The molecule has 190 valence electrons. The quantitative estimate of drug-likeness (QED) is 0.303. The Bertz CT molecular complexity index is 1830. The zero-order chi connectivity index (χ0) is 26.0. The first kappa shape index (κ1) is 23.0. The van der Waals surface area contributed by atoms with Gasteiger partial charge in [0, 0.05) is 46.8 Å². The lowest BCUT2D eigenvalue weighted by atomic mass is 9.89. The number of fused-ring (bicyclic) bond motifs is 3. The van der Waals surface area contributed by atoms with Gasteiger partial charge in [-0.25, -0.2) is 14.2 Å². The van der Waals surface area contributed by atoms with E-state index in [1.165, 1.54) is 12.1 Å². The van der Waals surface area contributed by atoms with Crippen molar-refractivity contribution in [1.82, 2.24) is 19.5 Å². The van der Waals surface area contributed by atoms with Crippen molar-refractivity contribution in [3.63, 3.8) is 0 Å². The minimum absolute atomic E-state index is 0.268. The molecule has 0 radical (unpaired) electrons. The maximum absolute atomic E-state index is 14.2. The Morgan fingerprint density at radius 2 is 2.00 bits per heavy atom. The van der Waals surface area contributed by atoms with Crippen LogP contribution >= 0.6 is 11.6 Å². The van der Waals surface area contributed by atoms with E-state index in [1.807, 2.05) is 25.3 Å². The second-order valence-electron chi connectivity index (χ2n) is 9.83. The molecule has 3 aromatic heterocycles. The number of H-pyrrole nitrogens is 1. The smallest absolute Gasteiger partial charge is 0.439 e. The van der Waals surface area contributed by atoms with Crippen LogP contribution in [0.5, 0.6) is 5.75 Å². The van der Waals surface area contributed by atoms with Crippen molar-refractivity contribution >= 4 is 28.4 Å². The van der Waals surface area contributed by atoms with Crippen LogP contribution < -0.4 is 10.5 Å². The largest absolute Gasteiger partial charge is 0.488 e. The van der Waals surface area contributed by atoms with E-state index in [1.54, 1.807) is 6.07 Å². The minimum atomic E-state index is -0.638. The summed E-state index contributed by atoms with van der Waals surface area (Å²) in [4.78, 5) is 19.2. The van der Waals surface area contributed by atoms with E-state index in [4.69, 9.17) is 25.8 Å². The summed E-state index contributed by atoms with van der Waals surface area (Å²) in [5.41, 5.74) is 8.33. The summed E-state index contributed by atoms with van der Waals surface area (Å²) in [5, 5.41) is 4.55. The van der Waals surface area contributed by atoms with Crippen LogP contribution in [0.15, 0.2) is 64.0 Å². The van der Waals surface area contributed by atoms with Crippen molar-refractivity contribution in [2.75, 3.05) is 0 Å². The number of hydrogen-bond acceptors (Lipinski definition) is 5. The molecule has 5 aromatic rings. The van der Waals surface area contributed by atoms with Gasteiger partial charge in [0.1, 0.15) is 23.8 Å². The van der Waals surface area contributed by atoms with Crippen LogP contribution in [-0.4, -0.2) is 19.5 Å². The van der Waals surface area contributed by atoms with Crippen LogP contribution in [0.1, 0.15) is 65.1 Å². The van der Waals surface area contributed by atoms with E-state index in [0.717, 1.165) is 52.1 Å². The standard InChI is InChI=1S/C29H22ClFN4O3/c1-15(28-33-29(36)38-34-28)26-21-6-2-16(10-18(21)14-37-24-13-20(31)5-7-22(24)26)11-23-27(17-3-4-17)32-25-12-19(30)8-9-35(23)25/h2,5-10,12-13,17H,3-4,11,14H2,1H3,(H,33,34,36)/b26-15+. The second-order valence-corrected chi connectivity index (χ2v) is 10.3. The molecule has 2 aliphatic rings. The Labute approximate surface area is 221 Å². The number of benzene rings is 2. The van der Waals surface area contributed by atoms with Gasteiger partial charge >= 0.3 is 5.76 Å². The van der Waals surface area contributed by atoms with Gasteiger partial charge in [0.2, 0.25) is 0 Å². The third-order valence-electron chi connectivity index (χ3n) is 7.26. The zero-order valence-electron chi connectivity index (χ0n) is 20.4. The Morgan fingerprint density at radius 1 is 1.16 bits per heavy atom. The lowest BCUT2D eigenvalue weighted by Gasteiger charge is -2.14. The van der Waals surface area contributed by atoms with Gasteiger partial charge in [-0.2, -0.15) is 0 Å². The molecule has 7 rings (SSSR count). The van der Waals surface area contributed by atoms with Crippen molar-refractivity contribution in [2.24, 2.45) is 0 Å². The third-order valence-corrected chi connectivity index (χ3v) is 7.49. The number of ether oxygens (including phenoxy) is 1. The van der Waals surface area contributed by atoms with E-state index < -0.39 is 5.76 Å². The van der Waals surface area contributed by atoms with E-state index in [-0.39, 0.29) is 12.4 Å². The monoisotopic (exact) mass is 528 g/mol. The number of pyridine rings is 1. The summed E-state index contributed by atoms with van der Waals surface area (Å²) in [7, 11) is 0. The first-order valence-corrected chi connectivity index (χ1v) is 12.8. The van der Waals surface area contributed by atoms with Crippen LogP contribution in [0.3, 0.4) is 0 Å². The number of rotatable bonds is 4. The van der Waals surface area contributed by atoms with Crippen molar-refractivity contribution in [3.05, 3.63) is 116 Å². The molecule has 0 amide bonds. The van der Waals surface area contributed by atoms with Gasteiger partial charge in [-0.1, -0.05) is 35.0 Å². The van der Waals surface area contributed by atoms with Gasteiger partial charge in [-0.3, -0.25) is 9.51 Å². The Balaban J connectivity index is 1.36. The van der Waals surface area contributed by atoms with E-state index in [2.05, 4.69) is 32.7 Å². The summed E-state index contributed by atoms with van der Waals surface area (Å²) in [6.07, 6.45) is 4.97. The lowest BCUT2D eigenvalue weighted by Crippen LogP contribution is -2.02. The summed E-state index contributed by atoms with van der Waals surface area (Å²) in [5.74, 6) is 0.204. The van der Waals surface area contributed by atoms with Crippen LogP contribution in [0, 0.1) is 5.82 Å². The Morgan fingerprint density at radius 3 is 2.79 bits per heavy atom. The van der Waals surface area contributed by atoms with Crippen molar-refractivity contribution in [3.8, 4) is 5.75 Å². The van der Waals surface area contributed by atoms with Gasteiger partial charge in [0.05, 0.1) is 11.4 Å². The predicted octanol–water partition coefficient (Wildman–Crippen LogP) is 6.14. The molecule has 1 aliphatic carbocycles. The maximum atomic E-state index is 14.2. The summed E-state index contributed by atoms with van der Waals surface area (Å²) < 4.78 is 27.1. The molecule has 7 nitrogen and oxygen atoms in total. The molecule has 0 saturated heterocycles. The van der Waals surface area contributed by atoms with Gasteiger partial charge in [-0.05, 0) is 60.2 Å². The zero-order valence-corrected chi connectivity index (χ0v) is 21.2. The highest BCUT2D eigenvalue weighted by Crippen LogP contribution is 2.43. The average molecular weight is 529 g/mol. The maximum Gasteiger partial charge on any atom is 0.439 e. The summed E-state index contributed by atoms with van der Waals surface area (Å²) in [6.45, 7) is 2.12. The molecule has 4 heterocycles. The third kappa shape index (κ3) is 3.92. The van der Waals surface area contributed by atoms with Gasteiger partial charge in [0.15, 0.2) is 5.82 Å². The SMILES string of the molecule is C/C(=C1/c2ccc(Cc3c(C4CC4)nc4cc(Cl)ccn34)cc2COc2cc(F)ccc21)c1noc(=O)[nH]1. The molecule has 0 spiro atoms. The Kier molecular flexibility index (Phi) is 5.26. The highest BCUT2D eigenvalue weighted by molar-refractivity contribution is 6.30. The van der Waals surface area contributed by atoms with Gasteiger partial charge in [-0.15, -0.1) is 0 Å². The number of aromatic nitrogens is 4. The predicted molar refractivity (Wildman–Crippen MR) is 141 cm³/mol. The number of nitrogens with one attached hydrogen (secondary N) is 1. The molecule has 2 aromatic carbocycles. The summed E-state index contributed by atoms with van der Waals surface area (Å²) >= 11 is 6.24. The number of hydrogen-bond donors (Lipinski definition) is 1. The fourth-order valence-electron chi connectivity index (χ4n) is 5.30. The fraction of sp³-hybridized carbons (Fsp3) is 0.207. The van der Waals surface area contributed by atoms with Crippen LogP contribution in [-0.2, 0) is 13.0 Å². The molecule has 1 N–H and O–H groups in total. The van der Waals surface area contributed by atoms with Gasteiger partial charge in [0.25, 0.3) is 0 Å². The molecule has 1 fully saturated rings.